The van der Waals surface area contributed by atoms with Gasteiger partial charge in [-0.25, -0.2) is 15.0 Å². The van der Waals surface area contributed by atoms with Crippen LogP contribution in [0.4, 0.5) is 5.82 Å². The standard InChI is InChI=1S/C20H25N5O2/c1-13(25-20-18-19(22-11-21-18)23-12-24-20)9-14-7-8-16(26-2)17(10-14)27-15-5-3-4-6-15/h7-8,10-13,15H,3-6,9H2,1-2H3,(H2,21,22,23,24,25). The molecule has 0 saturated heterocycles. The predicted octanol–water partition coefficient (Wildman–Crippen LogP) is 3.73. The summed E-state index contributed by atoms with van der Waals surface area (Å²) in [5.74, 6) is 2.40. The maximum atomic E-state index is 6.21. The number of nitrogens with zero attached hydrogens (tertiary/aromatic N) is 3. The van der Waals surface area contributed by atoms with E-state index in [1.54, 1.807) is 13.4 Å². The monoisotopic (exact) mass is 367 g/mol. The molecule has 1 unspecified atom stereocenters. The Morgan fingerprint density at radius 2 is 2.04 bits per heavy atom. The summed E-state index contributed by atoms with van der Waals surface area (Å²) in [5.41, 5.74) is 2.68. The van der Waals surface area contributed by atoms with Gasteiger partial charge in [-0.3, -0.25) is 0 Å². The van der Waals surface area contributed by atoms with E-state index in [2.05, 4.69) is 44.3 Å². The Kier molecular flexibility index (Phi) is 5.09. The average Bonchev–Trinajstić information content (AvgIpc) is 3.34. The van der Waals surface area contributed by atoms with Gasteiger partial charge < -0.3 is 19.8 Å². The summed E-state index contributed by atoms with van der Waals surface area (Å²) in [4.78, 5) is 15.7. The van der Waals surface area contributed by atoms with Gasteiger partial charge >= 0.3 is 0 Å². The van der Waals surface area contributed by atoms with Gasteiger partial charge in [0.1, 0.15) is 11.8 Å². The molecule has 0 radical (unpaired) electrons. The quantitative estimate of drug-likeness (QED) is 0.662. The highest BCUT2D eigenvalue weighted by molar-refractivity contribution is 5.82. The number of methoxy groups -OCH3 is 1. The SMILES string of the molecule is COc1ccc(CC(C)Nc2ncnc3nc[nH]c23)cc1OC1CCCC1. The lowest BCUT2D eigenvalue weighted by Gasteiger charge is -2.19. The molecule has 0 spiro atoms. The molecule has 0 bridgehead atoms. The third kappa shape index (κ3) is 3.97. The summed E-state index contributed by atoms with van der Waals surface area (Å²) in [6.07, 6.45) is 9.04. The minimum Gasteiger partial charge on any atom is -0.493 e. The number of fused-ring (bicyclic) bond motifs is 1. The van der Waals surface area contributed by atoms with Crippen molar-refractivity contribution < 1.29 is 9.47 Å². The van der Waals surface area contributed by atoms with Gasteiger partial charge in [0.2, 0.25) is 0 Å². The van der Waals surface area contributed by atoms with Crippen molar-refractivity contribution in [1.29, 1.82) is 0 Å². The number of rotatable bonds is 7. The lowest BCUT2D eigenvalue weighted by molar-refractivity contribution is 0.200. The minimum atomic E-state index is 0.180. The highest BCUT2D eigenvalue weighted by atomic mass is 16.5. The van der Waals surface area contributed by atoms with Crippen LogP contribution in [0.2, 0.25) is 0 Å². The lowest BCUT2D eigenvalue weighted by atomic mass is 10.1. The first kappa shape index (κ1) is 17.6. The highest BCUT2D eigenvalue weighted by Crippen LogP contribution is 2.33. The summed E-state index contributed by atoms with van der Waals surface area (Å²) >= 11 is 0. The molecule has 0 amide bonds. The molecule has 27 heavy (non-hydrogen) atoms. The maximum absolute atomic E-state index is 6.21. The van der Waals surface area contributed by atoms with Gasteiger partial charge in [-0.1, -0.05) is 6.07 Å². The van der Waals surface area contributed by atoms with Crippen molar-refractivity contribution in [2.75, 3.05) is 12.4 Å². The zero-order valence-electron chi connectivity index (χ0n) is 15.7. The summed E-state index contributed by atoms with van der Waals surface area (Å²) in [7, 11) is 1.69. The van der Waals surface area contributed by atoms with Crippen LogP contribution in [0.25, 0.3) is 11.2 Å². The molecule has 2 aromatic heterocycles. The number of aromatic nitrogens is 4. The van der Waals surface area contributed by atoms with Crippen molar-refractivity contribution in [3.8, 4) is 11.5 Å². The lowest BCUT2D eigenvalue weighted by Crippen LogP contribution is -2.19. The number of hydrogen-bond donors (Lipinski definition) is 2. The molecule has 2 heterocycles. The van der Waals surface area contributed by atoms with E-state index in [0.29, 0.717) is 11.8 Å². The molecule has 7 nitrogen and oxygen atoms in total. The fraction of sp³-hybridized carbons (Fsp3) is 0.450. The van der Waals surface area contributed by atoms with Crippen LogP contribution < -0.4 is 14.8 Å². The minimum absolute atomic E-state index is 0.180. The van der Waals surface area contributed by atoms with E-state index in [0.717, 1.165) is 42.1 Å². The normalized spacial score (nSPS) is 15.8. The Morgan fingerprint density at radius 3 is 2.85 bits per heavy atom. The maximum Gasteiger partial charge on any atom is 0.182 e. The second-order valence-electron chi connectivity index (χ2n) is 7.08. The Balaban J connectivity index is 1.47. The molecule has 1 aromatic carbocycles. The predicted molar refractivity (Wildman–Crippen MR) is 104 cm³/mol. The highest BCUT2D eigenvalue weighted by Gasteiger charge is 2.19. The van der Waals surface area contributed by atoms with Crippen molar-refractivity contribution in [1.82, 2.24) is 19.9 Å². The van der Waals surface area contributed by atoms with Gasteiger partial charge in [-0.2, -0.15) is 0 Å². The zero-order chi connectivity index (χ0) is 18.6. The molecule has 3 aromatic rings. The Bertz CT molecular complexity index is 904. The first-order valence-corrected chi connectivity index (χ1v) is 9.47. The van der Waals surface area contributed by atoms with Crippen LogP contribution in [-0.2, 0) is 6.42 Å². The molecular formula is C20H25N5O2. The third-order valence-electron chi connectivity index (χ3n) is 4.97. The number of imidazole rings is 1. The summed E-state index contributed by atoms with van der Waals surface area (Å²) < 4.78 is 11.7. The van der Waals surface area contributed by atoms with Crippen LogP contribution in [0.5, 0.6) is 11.5 Å². The largest absolute Gasteiger partial charge is 0.493 e. The van der Waals surface area contributed by atoms with Crippen LogP contribution in [0, 0.1) is 0 Å². The molecule has 0 aliphatic heterocycles. The van der Waals surface area contributed by atoms with E-state index in [1.807, 2.05) is 6.07 Å². The van der Waals surface area contributed by atoms with Gasteiger partial charge in [-0.15, -0.1) is 0 Å². The number of nitrogens with one attached hydrogen (secondary N) is 2. The van der Waals surface area contributed by atoms with Gasteiger partial charge in [-0.05, 0) is 56.7 Å². The molecular weight excluding hydrogens is 342 g/mol. The van der Waals surface area contributed by atoms with Gasteiger partial charge in [0.25, 0.3) is 0 Å². The van der Waals surface area contributed by atoms with Crippen molar-refractivity contribution >= 4 is 17.0 Å². The fourth-order valence-electron chi connectivity index (χ4n) is 3.64. The van der Waals surface area contributed by atoms with E-state index in [4.69, 9.17) is 9.47 Å². The first-order chi connectivity index (χ1) is 13.2. The summed E-state index contributed by atoms with van der Waals surface area (Å²) in [5, 5.41) is 3.45. The van der Waals surface area contributed by atoms with Gasteiger partial charge in [0, 0.05) is 6.04 Å². The molecule has 4 rings (SSSR count). The topological polar surface area (TPSA) is 85.0 Å². The zero-order valence-corrected chi connectivity index (χ0v) is 15.7. The van der Waals surface area contributed by atoms with Gasteiger partial charge in [0.05, 0.1) is 19.5 Å². The number of ether oxygens (including phenoxy) is 2. The van der Waals surface area contributed by atoms with E-state index in [1.165, 1.54) is 24.7 Å². The molecule has 1 aliphatic rings. The first-order valence-electron chi connectivity index (χ1n) is 9.47. The van der Waals surface area contributed by atoms with Crippen LogP contribution in [0.1, 0.15) is 38.2 Å². The molecule has 1 atom stereocenters. The number of hydrogen-bond acceptors (Lipinski definition) is 6. The van der Waals surface area contributed by atoms with E-state index >= 15 is 0 Å². The Labute approximate surface area is 158 Å². The number of H-pyrrole nitrogens is 1. The van der Waals surface area contributed by atoms with E-state index < -0.39 is 0 Å². The fourth-order valence-corrected chi connectivity index (χ4v) is 3.64. The molecule has 142 valence electrons. The van der Waals surface area contributed by atoms with Crippen LogP contribution in [-0.4, -0.2) is 39.2 Å². The molecule has 7 heteroatoms. The van der Waals surface area contributed by atoms with Crippen molar-refractivity contribution in [2.24, 2.45) is 0 Å². The van der Waals surface area contributed by atoms with Gasteiger partial charge in [0.15, 0.2) is 23.0 Å². The van der Waals surface area contributed by atoms with E-state index in [9.17, 15) is 0 Å². The smallest absolute Gasteiger partial charge is 0.182 e. The number of aromatic amines is 1. The van der Waals surface area contributed by atoms with Crippen LogP contribution >= 0.6 is 0 Å². The Hall–Kier alpha value is -2.83. The summed E-state index contributed by atoms with van der Waals surface area (Å²) in [6.45, 7) is 2.13. The van der Waals surface area contributed by atoms with Crippen molar-refractivity contribution in [2.45, 2.75) is 51.2 Å². The van der Waals surface area contributed by atoms with Crippen molar-refractivity contribution in [3.63, 3.8) is 0 Å². The van der Waals surface area contributed by atoms with Crippen LogP contribution in [0.3, 0.4) is 0 Å². The second kappa shape index (κ2) is 7.82. The molecule has 1 saturated carbocycles. The van der Waals surface area contributed by atoms with E-state index in [-0.39, 0.29) is 6.04 Å². The average molecular weight is 367 g/mol. The Morgan fingerprint density at radius 1 is 1.19 bits per heavy atom. The second-order valence-corrected chi connectivity index (χ2v) is 7.08. The van der Waals surface area contributed by atoms with Crippen molar-refractivity contribution in [3.05, 3.63) is 36.4 Å². The number of anilines is 1. The summed E-state index contributed by atoms with van der Waals surface area (Å²) in [6, 6.07) is 6.36. The third-order valence-corrected chi connectivity index (χ3v) is 4.97. The number of benzene rings is 1. The molecule has 1 aliphatic carbocycles. The molecule has 1 fully saturated rings. The molecule has 2 N–H and O–H groups in total. The van der Waals surface area contributed by atoms with Crippen LogP contribution in [0.15, 0.2) is 30.9 Å².